The molecule has 1 N–H and O–H groups in total. The smallest absolute Gasteiger partial charge is 0.0488 e. The molecule has 0 radical (unpaired) electrons. The van der Waals surface area contributed by atoms with E-state index in [0.717, 1.165) is 37.6 Å². The van der Waals surface area contributed by atoms with Gasteiger partial charge in [-0.15, -0.1) is 0 Å². The number of nitrogens with one attached hydrogen (secondary N) is 1. The Hall–Kier alpha value is -0.570. The maximum atomic E-state index is 6.28. The van der Waals surface area contributed by atoms with Gasteiger partial charge >= 0.3 is 0 Å². The fraction of sp³-hybridized carbons (Fsp3) is 0.667. The van der Waals surface area contributed by atoms with Gasteiger partial charge in [0.2, 0.25) is 0 Å². The molecule has 1 rings (SSSR count). The SMILES string of the molecule is CC(C)COCCC(CNC(C)C)Cc1ccccc1Cl. The van der Waals surface area contributed by atoms with Crippen LogP contribution in [0.15, 0.2) is 24.3 Å². The lowest BCUT2D eigenvalue weighted by atomic mass is 9.96. The molecule has 0 spiro atoms. The predicted molar refractivity (Wildman–Crippen MR) is 92.1 cm³/mol. The van der Waals surface area contributed by atoms with Gasteiger partial charge in [0, 0.05) is 24.3 Å². The molecule has 0 heterocycles. The van der Waals surface area contributed by atoms with E-state index in [1.54, 1.807) is 0 Å². The number of rotatable bonds is 10. The molecule has 0 bridgehead atoms. The molecule has 0 saturated heterocycles. The number of benzene rings is 1. The normalized spacial score (nSPS) is 13.1. The number of ether oxygens (including phenoxy) is 1. The van der Waals surface area contributed by atoms with Crippen LogP contribution in [-0.2, 0) is 11.2 Å². The second-order valence-corrected chi connectivity index (χ2v) is 6.89. The monoisotopic (exact) mass is 311 g/mol. The van der Waals surface area contributed by atoms with E-state index in [1.807, 2.05) is 12.1 Å². The van der Waals surface area contributed by atoms with E-state index in [-0.39, 0.29) is 0 Å². The summed E-state index contributed by atoms with van der Waals surface area (Å²) in [5, 5.41) is 4.41. The molecular formula is C18H30ClNO. The largest absolute Gasteiger partial charge is 0.381 e. The van der Waals surface area contributed by atoms with Crippen LogP contribution >= 0.6 is 11.6 Å². The van der Waals surface area contributed by atoms with Gasteiger partial charge in [0.15, 0.2) is 0 Å². The van der Waals surface area contributed by atoms with Crippen molar-refractivity contribution >= 4 is 11.6 Å². The Kier molecular flexibility index (Phi) is 8.98. The van der Waals surface area contributed by atoms with Gasteiger partial charge in [-0.2, -0.15) is 0 Å². The molecule has 0 fully saturated rings. The third-order valence-corrected chi connectivity index (χ3v) is 3.77. The predicted octanol–water partition coefficient (Wildman–Crippen LogP) is 4.56. The zero-order valence-corrected chi connectivity index (χ0v) is 14.6. The highest BCUT2D eigenvalue weighted by Gasteiger charge is 2.12. The molecule has 0 aliphatic heterocycles. The molecule has 2 nitrogen and oxygen atoms in total. The quantitative estimate of drug-likeness (QED) is 0.640. The second-order valence-electron chi connectivity index (χ2n) is 6.48. The van der Waals surface area contributed by atoms with Crippen molar-refractivity contribution in [3.05, 3.63) is 34.9 Å². The lowest BCUT2D eigenvalue weighted by Crippen LogP contribution is -2.30. The minimum Gasteiger partial charge on any atom is -0.381 e. The summed E-state index contributed by atoms with van der Waals surface area (Å²) < 4.78 is 5.74. The van der Waals surface area contributed by atoms with Gasteiger partial charge in [-0.25, -0.2) is 0 Å². The molecular weight excluding hydrogens is 282 g/mol. The van der Waals surface area contributed by atoms with Crippen LogP contribution in [-0.4, -0.2) is 25.8 Å². The maximum Gasteiger partial charge on any atom is 0.0488 e. The molecule has 0 amide bonds. The van der Waals surface area contributed by atoms with E-state index in [2.05, 4.69) is 45.1 Å². The fourth-order valence-electron chi connectivity index (χ4n) is 2.22. The Morgan fingerprint density at radius 3 is 2.48 bits per heavy atom. The number of hydrogen-bond acceptors (Lipinski definition) is 2. The molecule has 0 saturated carbocycles. The lowest BCUT2D eigenvalue weighted by molar-refractivity contribution is 0.0973. The van der Waals surface area contributed by atoms with Crippen LogP contribution in [0, 0.1) is 11.8 Å². The Bertz CT molecular complexity index is 393. The summed E-state index contributed by atoms with van der Waals surface area (Å²) in [4.78, 5) is 0. The second kappa shape index (κ2) is 10.2. The van der Waals surface area contributed by atoms with Crippen LogP contribution < -0.4 is 5.32 Å². The molecule has 1 aromatic rings. The van der Waals surface area contributed by atoms with Crippen LogP contribution in [0.25, 0.3) is 0 Å². The summed E-state index contributed by atoms with van der Waals surface area (Å²) in [7, 11) is 0. The van der Waals surface area contributed by atoms with Gasteiger partial charge in [-0.1, -0.05) is 57.5 Å². The van der Waals surface area contributed by atoms with E-state index < -0.39 is 0 Å². The molecule has 0 aliphatic carbocycles. The average molecular weight is 312 g/mol. The molecule has 1 unspecified atom stereocenters. The zero-order chi connectivity index (χ0) is 15.7. The fourth-order valence-corrected chi connectivity index (χ4v) is 2.44. The van der Waals surface area contributed by atoms with Crippen molar-refractivity contribution in [3.8, 4) is 0 Å². The van der Waals surface area contributed by atoms with E-state index in [9.17, 15) is 0 Å². The first-order valence-corrected chi connectivity index (χ1v) is 8.41. The van der Waals surface area contributed by atoms with Gasteiger partial charge in [-0.05, 0) is 42.9 Å². The van der Waals surface area contributed by atoms with Crippen molar-refractivity contribution in [1.29, 1.82) is 0 Å². The van der Waals surface area contributed by atoms with E-state index in [4.69, 9.17) is 16.3 Å². The minimum absolute atomic E-state index is 0.510. The summed E-state index contributed by atoms with van der Waals surface area (Å²) >= 11 is 6.28. The summed E-state index contributed by atoms with van der Waals surface area (Å²) in [5.41, 5.74) is 1.23. The molecule has 0 aliphatic rings. The van der Waals surface area contributed by atoms with Crippen molar-refractivity contribution in [1.82, 2.24) is 5.32 Å². The van der Waals surface area contributed by atoms with Crippen molar-refractivity contribution in [2.24, 2.45) is 11.8 Å². The van der Waals surface area contributed by atoms with E-state index >= 15 is 0 Å². The standard InChI is InChI=1S/C18H30ClNO/c1-14(2)13-21-10-9-16(12-20-15(3)4)11-17-7-5-6-8-18(17)19/h5-8,14-16,20H,9-13H2,1-4H3. The van der Waals surface area contributed by atoms with E-state index in [1.165, 1.54) is 5.56 Å². The molecule has 120 valence electrons. The van der Waals surface area contributed by atoms with E-state index in [0.29, 0.717) is 17.9 Å². The van der Waals surface area contributed by atoms with Crippen LogP contribution in [0.3, 0.4) is 0 Å². The van der Waals surface area contributed by atoms with Gasteiger partial charge < -0.3 is 10.1 Å². The first-order chi connectivity index (χ1) is 9.99. The first-order valence-electron chi connectivity index (χ1n) is 8.03. The van der Waals surface area contributed by atoms with Crippen molar-refractivity contribution in [3.63, 3.8) is 0 Å². The Morgan fingerprint density at radius 2 is 1.86 bits per heavy atom. The maximum absolute atomic E-state index is 6.28. The third kappa shape index (κ3) is 8.45. The highest BCUT2D eigenvalue weighted by molar-refractivity contribution is 6.31. The highest BCUT2D eigenvalue weighted by atomic mass is 35.5. The van der Waals surface area contributed by atoms with Crippen molar-refractivity contribution in [2.75, 3.05) is 19.8 Å². The Balaban J connectivity index is 2.49. The number of hydrogen-bond donors (Lipinski definition) is 1. The Labute approximate surface area is 135 Å². The number of halogens is 1. The molecule has 0 aromatic heterocycles. The summed E-state index contributed by atoms with van der Waals surface area (Å²) in [6.07, 6.45) is 2.07. The molecule has 3 heteroatoms. The Morgan fingerprint density at radius 1 is 1.14 bits per heavy atom. The minimum atomic E-state index is 0.510. The zero-order valence-electron chi connectivity index (χ0n) is 13.9. The molecule has 21 heavy (non-hydrogen) atoms. The summed E-state index contributed by atoms with van der Waals surface area (Å²) in [5.74, 6) is 1.15. The lowest BCUT2D eigenvalue weighted by Gasteiger charge is -2.20. The first kappa shape index (κ1) is 18.5. The summed E-state index contributed by atoms with van der Waals surface area (Å²) in [6.45, 7) is 11.4. The van der Waals surface area contributed by atoms with Crippen LogP contribution in [0.2, 0.25) is 5.02 Å². The van der Waals surface area contributed by atoms with Crippen LogP contribution in [0.1, 0.15) is 39.7 Å². The van der Waals surface area contributed by atoms with Gasteiger partial charge in [0.05, 0.1) is 0 Å². The van der Waals surface area contributed by atoms with Crippen LogP contribution in [0.4, 0.5) is 0 Å². The third-order valence-electron chi connectivity index (χ3n) is 3.40. The summed E-state index contributed by atoms with van der Waals surface area (Å²) in [6, 6.07) is 8.65. The average Bonchev–Trinajstić information content (AvgIpc) is 2.42. The van der Waals surface area contributed by atoms with Crippen molar-refractivity contribution < 1.29 is 4.74 Å². The molecule has 1 atom stereocenters. The van der Waals surface area contributed by atoms with Crippen molar-refractivity contribution in [2.45, 2.75) is 46.6 Å². The van der Waals surface area contributed by atoms with Gasteiger partial charge in [0.1, 0.15) is 0 Å². The molecule has 1 aromatic carbocycles. The highest BCUT2D eigenvalue weighted by Crippen LogP contribution is 2.20. The van der Waals surface area contributed by atoms with Gasteiger partial charge in [0.25, 0.3) is 0 Å². The van der Waals surface area contributed by atoms with Gasteiger partial charge in [-0.3, -0.25) is 0 Å². The van der Waals surface area contributed by atoms with Crippen LogP contribution in [0.5, 0.6) is 0 Å². The topological polar surface area (TPSA) is 21.3 Å².